The fourth-order valence-corrected chi connectivity index (χ4v) is 6.48. The molecule has 3 aromatic heterocycles. The maximum Gasteiger partial charge on any atom is 0.320 e. The lowest BCUT2D eigenvalue weighted by Crippen LogP contribution is -2.42. The summed E-state index contributed by atoms with van der Waals surface area (Å²) in [5.74, 6) is 3.02. The molecule has 1 aliphatic carbocycles. The number of hydrogen-bond acceptors (Lipinski definition) is 8. The number of aromatic nitrogens is 5. The monoisotopic (exact) mass is 658 g/mol. The van der Waals surface area contributed by atoms with Crippen LogP contribution in [0.2, 0.25) is 0 Å². The zero-order chi connectivity index (χ0) is 33.7. The summed E-state index contributed by atoms with van der Waals surface area (Å²) in [7, 11) is 0. The maximum atomic E-state index is 13.3. The van der Waals surface area contributed by atoms with Crippen LogP contribution >= 0.6 is 0 Å². The van der Waals surface area contributed by atoms with Gasteiger partial charge in [-0.05, 0) is 83.1 Å². The van der Waals surface area contributed by atoms with Crippen molar-refractivity contribution in [3.05, 3.63) is 54.4 Å². The first-order chi connectivity index (χ1) is 23.2. The molecule has 0 unspecified atom stereocenters. The Labute approximate surface area is 283 Å². The molecular formula is C36H50N8O4. The molecule has 2 N–H and O–H groups in total. The van der Waals surface area contributed by atoms with Crippen molar-refractivity contribution in [2.24, 2.45) is 0 Å². The third-order valence-electron chi connectivity index (χ3n) is 9.21. The van der Waals surface area contributed by atoms with Gasteiger partial charge in [0.05, 0.1) is 30.3 Å². The van der Waals surface area contributed by atoms with Gasteiger partial charge >= 0.3 is 6.03 Å². The van der Waals surface area contributed by atoms with E-state index in [1.54, 1.807) is 4.68 Å². The molecule has 0 spiro atoms. The molecule has 2 amide bonds. The number of piperidine rings is 1. The SMILES string of the molecule is CCOCCOc1cccc(-n2nc(C(C)(C)C)cc2NC(=O)NC2CCC(Oc3ccc4nnc(N5CCCC[C@@H]5C)n4c3)CC2)c1. The van der Waals surface area contributed by atoms with Gasteiger partial charge in [0.1, 0.15) is 23.9 Å². The molecule has 4 aromatic rings. The highest BCUT2D eigenvalue weighted by Crippen LogP contribution is 2.30. The van der Waals surface area contributed by atoms with Crippen LogP contribution in [-0.2, 0) is 10.2 Å². The lowest BCUT2D eigenvalue weighted by molar-refractivity contribution is 0.110. The Morgan fingerprint density at radius 1 is 0.979 bits per heavy atom. The lowest BCUT2D eigenvalue weighted by Gasteiger charge is -2.33. The van der Waals surface area contributed by atoms with E-state index in [4.69, 9.17) is 19.3 Å². The van der Waals surface area contributed by atoms with Crippen molar-refractivity contribution in [3.63, 3.8) is 0 Å². The number of pyridine rings is 1. The third kappa shape index (κ3) is 8.03. The van der Waals surface area contributed by atoms with Gasteiger partial charge in [0.15, 0.2) is 5.65 Å². The summed E-state index contributed by atoms with van der Waals surface area (Å²) in [4.78, 5) is 15.6. The van der Waals surface area contributed by atoms with Crippen molar-refractivity contribution in [1.29, 1.82) is 0 Å². The second-order valence-corrected chi connectivity index (χ2v) is 13.9. The van der Waals surface area contributed by atoms with Gasteiger partial charge in [-0.1, -0.05) is 26.8 Å². The fourth-order valence-electron chi connectivity index (χ4n) is 6.48. The minimum Gasteiger partial charge on any atom is -0.491 e. The predicted molar refractivity (Wildman–Crippen MR) is 187 cm³/mol. The van der Waals surface area contributed by atoms with E-state index in [0.717, 1.165) is 61.0 Å². The van der Waals surface area contributed by atoms with E-state index in [1.807, 2.05) is 55.6 Å². The largest absolute Gasteiger partial charge is 0.491 e. The molecule has 2 aliphatic rings. The van der Waals surface area contributed by atoms with Gasteiger partial charge in [-0.15, -0.1) is 10.2 Å². The van der Waals surface area contributed by atoms with Crippen LogP contribution in [0.5, 0.6) is 11.5 Å². The van der Waals surface area contributed by atoms with Crippen LogP contribution in [0.4, 0.5) is 16.6 Å². The molecule has 1 aromatic carbocycles. The van der Waals surface area contributed by atoms with Gasteiger partial charge in [0.25, 0.3) is 0 Å². The first-order valence-electron chi connectivity index (χ1n) is 17.4. The molecule has 1 saturated carbocycles. The summed E-state index contributed by atoms with van der Waals surface area (Å²) >= 11 is 0. The highest BCUT2D eigenvalue weighted by molar-refractivity contribution is 5.89. The van der Waals surface area contributed by atoms with Crippen molar-refractivity contribution in [2.75, 3.05) is 36.6 Å². The minimum absolute atomic E-state index is 0.0536. The number of carbonyl (C=O) groups is 1. The number of ether oxygens (including phenoxy) is 3. The second-order valence-electron chi connectivity index (χ2n) is 13.9. The number of urea groups is 1. The molecule has 1 saturated heterocycles. The van der Waals surface area contributed by atoms with Crippen molar-refractivity contribution in [2.45, 2.75) is 103 Å². The van der Waals surface area contributed by atoms with E-state index < -0.39 is 0 Å². The predicted octanol–water partition coefficient (Wildman–Crippen LogP) is 6.52. The smallest absolute Gasteiger partial charge is 0.320 e. The Morgan fingerprint density at radius 3 is 2.58 bits per heavy atom. The molecule has 0 radical (unpaired) electrons. The third-order valence-corrected chi connectivity index (χ3v) is 9.21. The summed E-state index contributed by atoms with van der Waals surface area (Å²) in [6.07, 6.45) is 9.05. The molecular weight excluding hydrogens is 608 g/mol. The molecule has 12 nitrogen and oxygen atoms in total. The first-order valence-corrected chi connectivity index (χ1v) is 17.4. The number of nitrogens with zero attached hydrogens (tertiary/aromatic N) is 6. The van der Waals surface area contributed by atoms with Crippen LogP contribution < -0.4 is 25.0 Å². The highest BCUT2D eigenvalue weighted by atomic mass is 16.5. The van der Waals surface area contributed by atoms with E-state index in [1.165, 1.54) is 19.3 Å². The number of anilines is 2. The van der Waals surface area contributed by atoms with E-state index in [-0.39, 0.29) is 23.6 Å². The van der Waals surface area contributed by atoms with Crippen LogP contribution in [0.25, 0.3) is 11.3 Å². The van der Waals surface area contributed by atoms with Crippen LogP contribution in [0.15, 0.2) is 48.7 Å². The van der Waals surface area contributed by atoms with Gasteiger partial charge in [-0.2, -0.15) is 5.10 Å². The van der Waals surface area contributed by atoms with Gasteiger partial charge in [-0.25, -0.2) is 9.48 Å². The lowest BCUT2D eigenvalue weighted by atomic mass is 9.92. The highest BCUT2D eigenvalue weighted by Gasteiger charge is 2.27. The molecule has 258 valence electrons. The summed E-state index contributed by atoms with van der Waals surface area (Å²) in [6, 6.07) is 13.8. The Balaban J connectivity index is 1.06. The van der Waals surface area contributed by atoms with Crippen molar-refractivity contribution >= 4 is 23.4 Å². The molecule has 12 heteroatoms. The summed E-state index contributed by atoms with van der Waals surface area (Å²) < 4.78 is 21.5. The Bertz CT molecular complexity index is 1670. The minimum atomic E-state index is -0.248. The molecule has 48 heavy (non-hydrogen) atoms. The number of rotatable bonds is 11. The Kier molecular flexibility index (Phi) is 10.4. The standard InChI is InChI=1S/C36H50N8O4/c1-6-46-20-21-47-29-12-9-11-27(22-29)44-33(23-31(41-44)36(3,4)5)38-34(45)37-26-13-15-28(16-14-26)48-30-17-18-32-39-40-35(43(32)24-30)42-19-8-7-10-25(42)2/h9,11-12,17-18,22-26,28H,6-8,10,13-16,19-21H2,1-5H3,(H2,37,38,45)/t25-,26?,28?/m0/s1. The Hall–Kier alpha value is -4.32. The maximum absolute atomic E-state index is 13.3. The average molecular weight is 659 g/mol. The van der Waals surface area contributed by atoms with Gasteiger partial charge in [0, 0.05) is 42.8 Å². The van der Waals surface area contributed by atoms with Gasteiger partial charge < -0.3 is 24.4 Å². The zero-order valence-electron chi connectivity index (χ0n) is 28.9. The number of carbonyl (C=O) groups excluding carboxylic acids is 1. The summed E-state index contributed by atoms with van der Waals surface area (Å²) in [6.45, 7) is 13.2. The van der Waals surface area contributed by atoms with E-state index in [2.05, 4.69) is 57.8 Å². The van der Waals surface area contributed by atoms with E-state index in [0.29, 0.717) is 37.4 Å². The van der Waals surface area contributed by atoms with E-state index in [9.17, 15) is 4.79 Å². The molecule has 0 bridgehead atoms. The Morgan fingerprint density at radius 2 is 1.81 bits per heavy atom. The van der Waals surface area contributed by atoms with Crippen LogP contribution in [0, 0.1) is 0 Å². The number of amides is 2. The quantitative estimate of drug-likeness (QED) is 0.175. The molecule has 4 heterocycles. The van der Waals surface area contributed by atoms with Crippen LogP contribution in [0.3, 0.4) is 0 Å². The number of hydrogen-bond donors (Lipinski definition) is 2. The van der Waals surface area contributed by atoms with E-state index >= 15 is 0 Å². The van der Waals surface area contributed by atoms with Crippen LogP contribution in [-0.4, -0.2) is 75.0 Å². The summed E-state index contributed by atoms with van der Waals surface area (Å²) in [5, 5.41) is 20.0. The van der Waals surface area contributed by atoms with Gasteiger partial charge in [0.2, 0.25) is 5.95 Å². The van der Waals surface area contributed by atoms with Crippen molar-refractivity contribution < 1.29 is 19.0 Å². The fraction of sp³-hybridized carbons (Fsp3) is 0.556. The van der Waals surface area contributed by atoms with Crippen LogP contribution in [0.1, 0.15) is 85.3 Å². The molecule has 1 atom stereocenters. The topological polar surface area (TPSA) is 120 Å². The average Bonchev–Trinajstić information content (AvgIpc) is 3.69. The number of nitrogens with one attached hydrogen (secondary N) is 2. The normalized spacial score (nSPS) is 20.1. The van der Waals surface area contributed by atoms with Gasteiger partial charge in [-0.3, -0.25) is 9.72 Å². The molecule has 6 rings (SSSR count). The zero-order valence-corrected chi connectivity index (χ0v) is 28.9. The second kappa shape index (κ2) is 14.8. The molecule has 1 aliphatic heterocycles. The van der Waals surface area contributed by atoms with Crippen molar-refractivity contribution in [3.8, 4) is 17.2 Å². The van der Waals surface area contributed by atoms with Crippen molar-refractivity contribution in [1.82, 2.24) is 29.7 Å². The first kappa shape index (κ1) is 33.6. The summed E-state index contributed by atoms with van der Waals surface area (Å²) in [5.41, 5.74) is 2.30. The number of benzene rings is 1. The molecule has 2 fully saturated rings. The number of fused-ring (bicyclic) bond motifs is 1.